The van der Waals surface area contributed by atoms with Crippen molar-refractivity contribution in [3.63, 3.8) is 0 Å². The number of aliphatic carboxylic acids is 1. The van der Waals surface area contributed by atoms with Crippen LogP contribution in [0.4, 0.5) is 0 Å². The van der Waals surface area contributed by atoms with Crippen molar-refractivity contribution in [3.05, 3.63) is 54.1 Å². The van der Waals surface area contributed by atoms with Gasteiger partial charge in [-0.15, -0.1) is 0 Å². The molecule has 1 heterocycles. The van der Waals surface area contributed by atoms with E-state index in [2.05, 4.69) is 15.3 Å². The second-order valence-corrected chi connectivity index (χ2v) is 4.35. The third-order valence-electron chi connectivity index (χ3n) is 2.91. The van der Waals surface area contributed by atoms with E-state index >= 15 is 0 Å². The first-order valence-electron chi connectivity index (χ1n) is 6.23. The van der Waals surface area contributed by atoms with Crippen LogP contribution in [0.15, 0.2) is 42.9 Å². The molecule has 6 nitrogen and oxygen atoms in total. The van der Waals surface area contributed by atoms with Gasteiger partial charge < -0.3 is 15.4 Å². The molecule has 0 aliphatic heterocycles. The van der Waals surface area contributed by atoms with Gasteiger partial charge in [0.05, 0.1) is 12.5 Å². The van der Waals surface area contributed by atoms with E-state index in [1.807, 2.05) is 30.3 Å². The van der Waals surface area contributed by atoms with E-state index in [1.54, 1.807) is 0 Å². The molecule has 1 amide bonds. The van der Waals surface area contributed by atoms with Crippen molar-refractivity contribution in [2.45, 2.75) is 18.9 Å². The maximum absolute atomic E-state index is 11.8. The summed E-state index contributed by atoms with van der Waals surface area (Å²) in [4.78, 5) is 29.3. The Hall–Kier alpha value is -2.63. The van der Waals surface area contributed by atoms with E-state index in [4.69, 9.17) is 5.11 Å². The second-order valence-electron chi connectivity index (χ2n) is 4.35. The molecule has 0 saturated heterocycles. The Bertz CT molecular complexity index is 567. The van der Waals surface area contributed by atoms with Crippen LogP contribution in [0.3, 0.4) is 0 Å². The molecule has 0 saturated carbocycles. The Morgan fingerprint density at radius 2 is 2.05 bits per heavy atom. The maximum atomic E-state index is 11.8. The van der Waals surface area contributed by atoms with Crippen molar-refractivity contribution in [3.8, 4) is 0 Å². The summed E-state index contributed by atoms with van der Waals surface area (Å²) < 4.78 is 0. The summed E-state index contributed by atoms with van der Waals surface area (Å²) in [5.74, 6) is -1.52. The maximum Gasteiger partial charge on any atom is 0.326 e. The summed E-state index contributed by atoms with van der Waals surface area (Å²) in [6.45, 7) is 0. The molecule has 0 aliphatic rings. The summed E-state index contributed by atoms with van der Waals surface area (Å²) >= 11 is 0. The van der Waals surface area contributed by atoms with Gasteiger partial charge in [-0.25, -0.2) is 9.78 Å². The number of hydrogen-bond acceptors (Lipinski definition) is 3. The molecule has 20 heavy (non-hydrogen) atoms. The van der Waals surface area contributed by atoms with Crippen LogP contribution in [0.2, 0.25) is 0 Å². The molecule has 1 aromatic heterocycles. The van der Waals surface area contributed by atoms with Crippen molar-refractivity contribution in [1.82, 2.24) is 15.3 Å². The highest BCUT2D eigenvalue weighted by atomic mass is 16.4. The third-order valence-corrected chi connectivity index (χ3v) is 2.91. The molecule has 6 heteroatoms. The number of nitrogens with one attached hydrogen (secondary N) is 2. The summed E-state index contributed by atoms with van der Waals surface area (Å²) in [6, 6.07) is 8.62. The van der Waals surface area contributed by atoms with Gasteiger partial charge in [-0.1, -0.05) is 30.3 Å². The zero-order valence-corrected chi connectivity index (χ0v) is 10.7. The Morgan fingerprint density at radius 1 is 1.30 bits per heavy atom. The first kappa shape index (κ1) is 13.8. The van der Waals surface area contributed by atoms with Crippen LogP contribution < -0.4 is 5.32 Å². The predicted octanol–water partition coefficient (Wildman–Crippen LogP) is 1.23. The topological polar surface area (TPSA) is 95.1 Å². The van der Waals surface area contributed by atoms with Crippen LogP contribution in [0, 0.1) is 0 Å². The van der Waals surface area contributed by atoms with Crippen LogP contribution >= 0.6 is 0 Å². The van der Waals surface area contributed by atoms with Crippen molar-refractivity contribution in [2.24, 2.45) is 0 Å². The number of carbonyl (C=O) groups excluding carboxylic acids is 1. The lowest BCUT2D eigenvalue weighted by Gasteiger charge is -2.13. The molecule has 1 unspecified atom stereocenters. The first-order valence-corrected chi connectivity index (χ1v) is 6.23. The lowest BCUT2D eigenvalue weighted by molar-refractivity contribution is -0.139. The highest BCUT2D eigenvalue weighted by molar-refractivity contribution is 5.94. The number of nitrogens with zero attached hydrogens (tertiary/aromatic N) is 1. The monoisotopic (exact) mass is 273 g/mol. The highest BCUT2D eigenvalue weighted by Gasteiger charge is 2.20. The van der Waals surface area contributed by atoms with Gasteiger partial charge in [0.1, 0.15) is 11.7 Å². The predicted molar refractivity (Wildman–Crippen MR) is 72.2 cm³/mol. The average molecular weight is 273 g/mol. The molecule has 0 bridgehead atoms. The number of aromatic nitrogens is 2. The van der Waals surface area contributed by atoms with Crippen molar-refractivity contribution < 1.29 is 14.7 Å². The quantitative estimate of drug-likeness (QED) is 0.737. The number of carboxylic acids is 1. The smallest absolute Gasteiger partial charge is 0.326 e. The molecule has 3 N–H and O–H groups in total. The van der Waals surface area contributed by atoms with E-state index in [-0.39, 0.29) is 5.69 Å². The van der Waals surface area contributed by atoms with E-state index in [1.165, 1.54) is 12.5 Å². The van der Waals surface area contributed by atoms with Crippen LogP contribution in [-0.2, 0) is 11.2 Å². The summed E-state index contributed by atoms with van der Waals surface area (Å²) in [7, 11) is 0. The number of aromatic amines is 1. The molecule has 0 spiro atoms. The fourth-order valence-corrected chi connectivity index (χ4v) is 1.83. The molecule has 2 rings (SSSR count). The Labute approximate surface area is 115 Å². The van der Waals surface area contributed by atoms with Gasteiger partial charge in [0.15, 0.2) is 0 Å². The van der Waals surface area contributed by atoms with Crippen molar-refractivity contribution >= 4 is 11.9 Å². The molecular formula is C14H15N3O3. The fraction of sp³-hybridized carbons (Fsp3) is 0.214. The van der Waals surface area contributed by atoms with Crippen molar-refractivity contribution in [1.29, 1.82) is 0 Å². The van der Waals surface area contributed by atoms with Crippen LogP contribution in [0.1, 0.15) is 22.5 Å². The van der Waals surface area contributed by atoms with E-state index in [0.29, 0.717) is 12.8 Å². The minimum absolute atomic E-state index is 0.246. The number of aryl methyl sites for hydroxylation is 1. The number of rotatable bonds is 6. The second kappa shape index (κ2) is 6.51. The standard InChI is InChI=1S/C14H15N3O3/c18-13(12-8-15-9-16-12)17-11(14(19)20)7-6-10-4-2-1-3-5-10/h1-5,8-9,11H,6-7H2,(H,15,16)(H,17,18)(H,19,20). The SMILES string of the molecule is O=C(NC(CCc1ccccc1)C(=O)O)c1cnc[nH]1. The normalized spacial score (nSPS) is 11.8. The molecule has 1 aromatic carbocycles. The Kier molecular flexibility index (Phi) is 4.49. The number of imidazole rings is 1. The molecule has 0 aliphatic carbocycles. The molecule has 1 atom stereocenters. The molecule has 2 aromatic rings. The van der Waals surface area contributed by atoms with Gasteiger partial charge >= 0.3 is 5.97 Å². The number of carboxylic acid groups (broad SMARTS) is 1. The molecule has 0 radical (unpaired) electrons. The lowest BCUT2D eigenvalue weighted by atomic mass is 10.1. The van der Waals surface area contributed by atoms with Gasteiger partial charge in [0, 0.05) is 0 Å². The molecular weight excluding hydrogens is 258 g/mol. The largest absolute Gasteiger partial charge is 0.480 e. The fourth-order valence-electron chi connectivity index (χ4n) is 1.83. The van der Waals surface area contributed by atoms with Crippen molar-refractivity contribution in [2.75, 3.05) is 0 Å². The summed E-state index contributed by atoms with van der Waals surface area (Å²) in [5, 5.41) is 11.6. The summed E-state index contributed by atoms with van der Waals surface area (Å²) in [5.41, 5.74) is 1.28. The van der Waals surface area contributed by atoms with Crippen LogP contribution in [0.25, 0.3) is 0 Å². The number of benzene rings is 1. The van der Waals surface area contributed by atoms with Crippen LogP contribution in [-0.4, -0.2) is 33.0 Å². The number of carbonyl (C=O) groups is 2. The minimum atomic E-state index is -1.05. The first-order chi connectivity index (χ1) is 9.66. The number of amides is 1. The number of hydrogen-bond donors (Lipinski definition) is 3. The third kappa shape index (κ3) is 3.68. The van der Waals surface area contributed by atoms with Gasteiger partial charge in [-0.3, -0.25) is 4.79 Å². The highest BCUT2D eigenvalue weighted by Crippen LogP contribution is 2.06. The van der Waals surface area contributed by atoms with E-state index in [0.717, 1.165) is 5.56 Å². The van der Waals surface area contributed by atoms with Gasteiger partial charge in [-0.05, 0) is 18.4 Å². The zero-order valence-electron chi connectivity index (χ0n) is 10.7. The average Bonchev–Trinajstić information content (AvgIpc) is 2.98. The summed E-state index contributed by atoms with van der Waals surface area (Å²) in [6.07, 6.45) is 3.64. The Morgan fingerprint density at radius 3 is 2.65 bits per heavy atom. The van der Waals surface area contributed by atoms with Gasteiger partial charge in [-0.2, -0.15) is 0 Å². The number of H-pyrrole nitrogens is 1. The molecule has 104 valence electrons. The van der Waals surface area contributed by atoms with Gasteiger partial charge in [0.25, 0.3) is 5.91 Å². The Balaban J connectivity index is 1.94. The zero-order chi connectivity index (χ0) is 14.4. The minimum Gasteiger partial charge on any atom is -0.480 e. The van der Waals surface area contributed by atoms with Crippen LogP contribution in [0.5, 0.6) is 0 Å². The molecule has 0 fully saturated rings. The van der Waals surface area contributed by atoms with Gasteiger partial charge in [0.2, 0.25) is 0 Å². The van der Waals surface area contributed by atoms with E-state index in [9.17, 15) is 9.59 Å². The van der Waals surface area contributed by atoms with E-state index < -0.39 is 17.9 Å². The lowest BCUT2D eigenvalue weighted by Crippen LogP contribution is -2.41.